The van der Waals surface area contributed by atoms with Gasteiger partial charge in [-0.1, -0.05) is 27.2 Å². The van der Waals surface area contributed by atoms with Gasteiger partial charge in [-0.15, -0.1) is 0 Å². The van der Waals surface area contributed by atoms with E-state index in [0.717, 1.165) is 37.3 Å². The second-order valence-corrected chi connectivity index (χ2v) is 7.66. The fourth-order valence-electron chi connectivity index (χ4n) is 3.61. The first-order valence-corrected chi connectivity index (χ1v) is 9.01. The molecule has 4 unspecified atom stereocenters. The van der Waals surface area contributed by atoms with Crippen molar-refractivity contribution in [1.82, 2.24) is 10.2 Å². The van der Waals surface area contributed by atoms with E-state index in [1.54, 1.807) is 0 Å². The minimum absolute atomic E-state index is 0.0931. The molecule has 1 aliphatic heterocycles. The molecule has 0 aromatic carbocycles. The molecule has 0 saturated carbocycles. The Morgan fingerprint density at radius 3 is 2.57 bits per heavy atom. The number of nitrogens with zero attached hydrogens (tertiary/aromatic N) is 1. The molecule has 1 fully saturated rings. The minimum Gasteiger partial charge on any atom is -0.394 e. The van der Waals surface area contributed by atoms with Crippen molar-refractivity contribution in [2.24, 2.45) is 11.8 Å². The lowest BCUT2D eigenvalue weighted by Crippen LogP contribution is -2.47. The van der Waals surface area contributed by atoms with Gasteiger partial charge in [0.15, 0.2) is 0 Å². The van der Waals surface area contributed by atoms with Gasteiger partial charge in [0.25, 0.3) is 0 Å². The van der Waals surface area contributed by atoms with E-state index in [-0.39, 0.29) is 12.1 Å². The Morgan fingerprint density at radius 2 is 1.95 bits per heavy atom. The quantitative estimate of drug-likeness (QED) is 0.641. The van der Waals surface area contributed by atoms with E-state index in [1.807, 2.05) is 0 Å². The molecule has 3 nitrogen and oxygen atoms in total. The third kappa shape index (κ3) is 6.25. The number of rotatable bonds is 9. The summed E-state index contributed by atoms with van der Waals surface area (Å²) in [6.07, 6.45) is 6.00. The van der Waals surface area contributed by atoms with Gasteiger partial charge in [-0.25, -0.2) is 0 Å². The maximum absolute atomic E-state index is 9.60. The minimum atomic E-state index is -0.0931. The summed E-state index contributed by atoms with van der Waals surface area (Å²) < 4.78 is 0. The van der Waals surface area contributed by atoms with Crippen LogP contribution in [-0.4, -0.2) is 47.8 Å². The standard InChI is InChI=1S/C18H38N2O/c1-6-10-19-18(5,14-21)9-7-8-11-20-13-15(2)12-16(3)17(20)4/h15-17,19,21H,6-14H2,1-5H3. The summed E-state index contributed by atoms with van der Waals surface area (Å²) in [6, 6.07) is 0.726. The number of hydrogen-bond donors (Lipinski definition) is 2. The smallest absolute Gasteiger partial charge is 0.0610 e. The Bertz CT molecular complexity index is 284. The highest BCUT2D eigenvalue weighted by molar-refractivity contribution is 4.84. The molecule has 4 atom stereocenters. The highest BCUT2D eigenvalue weighted by Crippen LogP contribution is 2.27. The molecule has 0 amide bonds. The number of hydrogen-bond acceptors (Lipinski definition) is 3. The molecule has 0 spiro atoms. The Hall–Kier alpha value is -0.120. The number of nitrogens with one attached hydrogen (secondary N) is 1. The maximum atomic E-state index is 9.60. The number of piperidine rings is 1. The zero-order valence-corrected chi connectivity index (χ0v) is 15.0. The van der Waals surface area contributed by atoms with Crippen molar-refractivity contribution in [3.8, 4) is 0 Å². The third-order valence-corrected chi connectivity index (χ3v) is 5.29. The van der Waals surface area contributed by atoms with Gasteiger partial charge in [-0.2, -0.15) is 0 Å². The summed E-state index contributed by atoms with van der Waals surface area (Å²) in [5, 5.41) is 13.1. The lowest BCUT2D eigenvalue weighted by atomic mass is 9.85. The van der Waals surface area contributed by atoms with Gasteiger partial charge in [0, 0.05) is 18.1 Å². The van der Waals surface area contributed by atoms with Crippen LogP contribution in [0, 0.1) is 11.8 Å². The fraction of sp³-hybridized carbons (Fsp3) is 1.00. The average molecular weight is 299 g/mol. The van der Waals surface area contributed by atoms with Gasteiger partial charge in [0.05, 0.1) is 6.61 Å². The summed E-state index contributed by atoms with van der Waals surface area (Å²) in [5.74, 6) is 1.66. The van der Waals surface area contributed by atoms with Crippen LogP contribution in [0.3, 0.4) is 0 Å². The van der Waals surface area contributed by atoms with Crippen molar-refractivity contribution < 1.29 is 5.11 Å². The van der Waals surface area contributed by atoms with E-state index >= 15 is 0 Å². The molecule has 21 heavy (non-hydrogen) atoms. The van der Waals surface area contributed by atoms with Crippen LogP contribution in [-0.2, 0) is 0 Å². The number of unbranched alkanes of at least 4 members (excludes halogenated alkanes) is 1. The first kappa shape index (κ1) is 18.9. The van der Waals surface area contributed by atoms with Crippen LogP contribution in [0.5, 0.6) is 0 Å². The van der Waals surface area contributed by atoms with E-state index < -0.39 is 0 Å². The number of likely N-dealkylation sites (tertiary alicyclic amines) is 1. The van der Waals surface area contributed by atoms with E-state index in [2.05, 4.69) is 44.8 Å². The largest absolute Gasteiger partial charge is 0.394 e. The van der Waals surface area contributed by atoms with E-state index in [0.29, 0.717) is 0 Å². The van der Waals surface area contributed by atoms with Crippen LogP contribution in [0.4, 0.5) is 0 Å². The summed E-state index contributed by atoms with van der Waals surface area (Å²) in [4.78, 5) is 2.68. The predicted molar refractivity (Wildman–Crippen MR) is 91.6 cm³/mol. The Kier molecular flexibility index (Phi) is 8.22. The van der Waals surface area contributed by atoms with Gasteiger partial charge >= 0.3 is 0 Å². The molecule has 0 radical (unpaired) electrons. The molecule has 1 heterocycles. The topological polar surface area (TPSA) is 35.5 Å². The van der Waals surface area contributed by atoms with E-state index in [4.69, 9.17) is 0 Å². The summed E-state index contributed by atoms with van der Waals surface area (Å²) >= 11 is 0. The molecule has 0 aromatic rings. The van der Waals surface area contributed by atoms with Crippen LogP contribution in [0.15, 0.2) is 0 Å². The van der Waals surface area contributed by atoms with Crippen LogP contribution in [0.2, 0.25) is 0 Å². The SMILES string of the molecule is CCCNC(C)(CO)CCCCN1CC(C)CC(C)C1C. The van der Waals surface area contributed by atoms with Gasteiger partial charge < -0.3 is 15.3 Å². The highest BCUT2D eigenvalue weighted by Gasteiger charge is 2.28. The van der Waals surface area contributed by atoms with Crippen molar-refractivity contribution in [3.63, 3.8) is 0 Å². The van der Waals surface area contributed by atoms with Crippen LogP contribution in [0.25, 0.3) is 0 Å². The normalized spacial score (nSPS) is 30.3. The first-order valence-electron chi connectivity index (χ1n) is 9.01. The van der Waals surface area contributed by atoms with E-state index in [9.17, 15) is 5.11 Å². The van der Waals surface area contributed by atoms with Crippen molar-refractivity contribution in [3.05, 3.63) is 0 Å². The lowest BCUT2D eigenvalue weighted by Gasteiger charge is -2.41. The number of aliphatic hydroxyl groups excluding tert-OH is 1. The summed E-state index contributed by atoms with van der Waals surface area (Å²) in [5.41, 5.74) is -0.0931. The molecule has 1 saturated heterocycles. The van der Waals surface area contributed by atoms with Gasteiger partial charge in [0.2, 0.25) is 0 Å². The van der Waals surface area contributed by atoms with Crippen molar-refractivity contribution in [2.45, 2.75) is 78.3 Å². The van der Waals surface area contributed by atoms with Crippen molar-refractivity contribution in [2.75, 3.05) is 26.2 Å². The Morgan fingerprint density at radius 1 is 1.24 bits per heavy atom. The lowest BCUT2D eigenvalue weighted by molar-refractivity contribution is 0.0766. The molecule has 1 aliphatic rings. The Labute approximate surface area is 132 Å². The molecule has 0 bridgehead atoms. The van der Waals surface area contributed by atoms with Gasteiger partial charge in [-0.3, -0.25) is 0 Å². The zero-order chi connectivity index (χ0) is 15.9. The highest BCUT2D eigenvalue weighted by atomic mass is 16.3. The summed E-state index contributed by atoms with van der Waals surface area (Å²) in [7, 11) is 0. The molecular formula is C18H38N2O. The zero-order valence-electron chi connectivity index (χ0n) is 15.0. The van der Waals surface area contributed by atoms with E-state index in [1.165, 1.54) is 32.4 Å². The predicted octanol–water partition coefficient (Wildman–Crippen LogP) is 3.27. The van der Waals surface area contributed by atoms with Crippen molar-refractivity contribution >= 4 is 0 Å². The molecular weight excluding hydrogens is 260 g/mol. The summed E-state index contributed by atoms with van der Waals surface area (Å²) in [6.45, 7) is 15.2. The van der Waals surface area contributed by atoms with Gasteiger partial charge in [0.1, 0.15) is 0 Å². The third-order valence-electron chi connectivity index (χ3n) is 5.29. The molecule has 0 aliphatic carbocycles. The fourth-order valence-corrected chi connectivity index (χ4v) is 3.61. The first-order chi connectivity index (χ1) is 9.91. The van der Waals surface area contributed by atoms with Crippen LogP contribution < -0.4 is 5.32 Å². The maximum Gasteiger partial charge on any atom is 0.0610 e. The van der Waals surface area contributed by atoms with Gasteiger partial charge in [-0.05, 0) is 64.5 Å². The molecule has 1 rings (SSSR count). The number of aliphatic hydroxyl groups is 1. The molecule has 3 heteroatoms. The van der Waals surface area contributed by atoms with Crippen molar-refractivity contribution in [1.29, 1.82) is 0 Å². The second kappa shape index (κ2) is 9.12. The van der Waals surface area contributed by atoms with Crippen LogP contribution in [0.1, 0.15) is 66.7 Å². The Balaban J connectivity index is 2.29. The molecule has 126 valence electrons. The second-order valence-electron chi connectivity index (χ2n) is 7.66. The monoisotopic (exact) mass is 298 g/mol. The molecule has 0 aromatic heterocycles. The average Bonchev–Trinajstić information content (AvgIpc) is 2.46. The molecule has 2 N–H and O–H groups in total. The van der Waals surface area contributed by atoms with Crippen LogP contribution >= 0.6 is 0 Å².